The van der Waals surface area contributed by atoms with Crippen LogP contribution in [0.25, 0.3) is 0 Å². The predicted octanol–water partition coefficient (Wildman–Crippen LogP) is 2.49. The van der Waals surface area contributed by atoms with Gasteiger partial charge in [0.25, 0.3) is 0 Å². The van der Waals surface area contributed by atoms with Gasteiger partial charge < -0.3 is 5.73 Å². The van der Waals surface area contributed by atoms with E-state index in [1.54, 1.807) is 0 Å². The van der Waals surface area contributed by atoms with Crippen molar-refractivity contribution in [2.45, 2.75) is 33.7 Å². The Morgan fingerprint density at radius 3 is 2.18 bits per heavy atom. The molecular formula is C10H19N. The van der Waals surface area contributed by atoms with E-state index in [1.807, 2.05) is 32.1 Å². The van der Waals surface area contributed by atoms with Crippen molar-refractivity contribution in [2.24, 2.45) is 11.1 Å². The second-order valence-corrected chi connectivity index (χ2v) is 3.49. The Kier molecular flexibility index (Phi) is 4.12. The van der Waals surface area contributed by atoms with E-state index in [1.165, 1.54) is 0 Å². The summed E-state index contributed by atoms with van der Waals surface area (Å²) in [5.41, 5.74) is 5.87. The van der Waals surface area contributed by atoms with Crippen LogP contribution in [0.15, 0.2) is 24.3 Å². The Hall–Kier alpha value is -0.560. The molecule has 0 aliphatic heterocycles. The first-order valence-electron chi connectivity index (χ1n) is 4.07. The molecule has 1 heteroatoms. The van der Waals surface area contributed by atoms with Crippen LogP contribution in [0, 0.1) is 5.41 Å². The minimum atomic E-state index is 0.0967. The molecule has 11 heavy (non-hydrogen) atoms. The first kappa shape index (κ1) is 10.4. The highest BCUT2D eigenvalue weighted by molar-refractivity contribution is 5.08. The fourth-order valence-electron chi connectivity index (χ4n) is 0.566. The molecule has 0 aromatic rings. The summed E-state index contributed by atoms with van der Waals surface area (Å²) < 4.78 is 0. The van der Waals surface area contributed by atoms with Crippen molar-refractivity contribution in [3.63, 3.8) is 0 Å². The van der Waals surface area contributed by atoms with Gasteiger partial charge in [0.15, 0.2) is 0 Å². The number of hydrogen-bond donors (Lipinski definition) is 1. The summed E-state index contributed by atoms with van der Waals surface area (Å²) in [7, 11) is 0. The van der Waals surface area contributed by atoms with Crippen LogP contribution in [0.5, 0.6) is 0 Å². The molecule has 0 fully saturated rings. The van der Waals surface area contributed by atoms with Crippen LogP contribution in [0.2, 0.25) is 0 Å². The van der Waals surface area contributed by atoms with Gasteiger partial charge in [-0.1, -0.05) is 38.2 Å². The van der Waals surface area contributed by atoms with Gasteiger partial charge in [0.1, 0.15) is 0 Å². The molecule has 1 unspecified atom stereocenters. The van der Waals surface area contributed by atoms with E-state index in [9.17, 15) is 0 Å². The monoisotopic (exact) mass is 153 g/mol. The average molecular weight is 153 g/mol. The highest BCUT2D eigenvalue weighted by Crippen LogP contribution is 2.20. The smallest absolute Gasteiger partial charge is 0.00966 e. The van der Waals surface area contributed by atoms with Gasteiger partial charge in [-0.3, -0.25) is 0 Å². The van der Waals surface area contributed by atoms with Crippen LogP contribution >= 0.6 is 0 Å². The fourth-order valence-corrected chi connectivity index (χ4v) is 0.566. The quantitative estimate of drug-likeness (QED) is 0.619. The van der Waals surface area contributed by atoms with E-state index in [-0.39, 0.29) is 11.5 Å². The first-order valence-corrected chi connectivity index (χ1v) is 4.07. The lowest BCUT2D eigenvalue weighted by atomic mass is 9.86. The predicted molar refractivity (Wildman–Crippen MR) is 51.4 cm³/mol. The van der Waals surface area contributed by atoms with Crippen molar-refractivity contribution < 1.29 is 0 Å². The van der Waals surface area contributed by atoms with Gasteiger partial charge in [0, 0.05) is 6.04 Å². The topological polar surface area (TPSA) is 26.0 Å². The minimum absolute atomic E-state index is 0.0967. The van der Waals surface area contributed by atoms with Gasteiger partial charge >= 0.3 is 0 Å². The summed E-state index contributed by atoms with van der Waals surface area (Å²) in [4.78, 5) is 0. The Balaban J connectivity index is 4.11. The van der Waals surface area contributed by atoms with Gasteiger partial charge in [-0.15, -0.1) is 0 Å². The summed E-state index contributed by atoms with van der Waals surface area (Å²) in [5, 5.41) is 0. The van der Waals surface area contributed by atoms with Crippen LogP contribution in [0.4, 0.5) is 0 Å². The van der Waals surface area contributed by atoms with E-state index in [0.717, 1.165) is 0 Å². The van der Waals surface area contributed by atoms with E-state index >= 15 is 0 Å². The molecule has 2 N–H and O–H groups in total. The molecule has 0 aliphatic rings. The molecule has 0 saturated heterocycles. The molecule has 1 nitrogen and oxygen atoms in total. The van der Waals surface area contributed by atoms with E-state index in [4.69, 9.17) is 5.73 Å². The summed E-state index contributed by atoms with van der Waals surface area (Å²) in [6.45, 7) is 8.30. The zero-order chi connectivity index (χ0) is 8.91. The Morgan fingerprint density at radius 2 is 1.82 bits per heavy atom. The van der Waals surface area contributed by atoms with E-state index in [0.29, 0.717) is 0 Å². The highest BCUT2D eigenvalue weighted by atomic mass is 14.6. The third-order valence-electron chi connectivity index (χ3n) is 2.00. The van der Waals surface area contributed by atoms with Crippen molar-refractivity contribution in [1.82, 2.24) is 0 Å². The molecule has 0 radical (unpaired) electrons. The van der Waals surface area contributed by atoms with Crippen LogP contribution in [-0.4, -0.2) is 6.04 Å². The fraction of sp³-hybridized carbons (Fsp3) is 0.600. The van der Waals surface area contributed by atoms with Crippen molar-refractivity contribution in [2.75, 3.05) is 0 Å². The molecule has 0 aromatic heterocycles. The SMILES string of the molecule is C/C=C\C=C/C(C)(C)C(C)N. The standard InChI is InChI=1S/C10H19N/c1-5-6-7-8-10(3,4)9(2)11/h5-9H,11H2,1-4H3/b6-5-,8-7-. The lowest BCUT2D eigenvalue weighted by Gasteiger charge is -2.24. The maximum atomic E-state index is 5.78. The molecule has 0 amide bonds. The normalized spacial score (nSPS) is 16.5. The second kappa shape index (κ2) is 4.35. The molecule has 64 valence electrons. The van der Waals surface area contributed by atoms with Crippen molar-refractivity contribution in [3.05, 3.63) is 24.3 Å². The zero-order valence-electron chi connectivity index (χ0n) is 7.96. The Bertz CT molecular complexity index is 152. The number of nitrogens with two attached hydrogens (primary N) is 1. The van der Waals surface area contributed by atoms with Gasteiger partial charge in [0.2, 0.25) is 0 Å². The molecule has 0 spiro atoms. The van der Waals surface area contributed by atoms with Gasteiger partial charge in [-0.25, -0.2) is 0 Å². The minimum Gasteiger partial charge on any atom is -0.327 e. The molecule has 0 bridgehead atoms. The number of rotatable bonds is 3. The molecule has 0 saturated carbocycles. The molecular weight excluding hydrogens is 134 g/mol. The van der Waals surface area contributed by atoms with Gasteiger partial charge in [0.05, 0.1) is 0 Å². The Morgan fingerprint density at radius 1 is 1.27 bits per heavy atom. The number of hydrogen-bond acceptors (Lipinski definition) is 1. The average Bonchev–Trinajstić information content (AvgIpc) is 1.88. The van der Waals surface area contributed by atoms with Crippen LogP contribution in [0.3, 0.4) is 0 Å². The van der Waals surface area contributed by atoms with E-state index < -0.39 is 0 Å². The summed E-state index contributed by atoms with van der Waals surface area (Å²) in [6.07, 6.45) is 8.21. The molecule has 1 atom stereocenters. The third kappa shape index (κ3) is 3.99. The van der Waals surface area contributed by atoms with Crippen LogP contribution in [0.1, 0.15) is 27.7 Å². The maximum absolute atomic E-state index is 5.78. The molecule has 0 aromatic carbocycles. The lowest BCUT2D eigenvalue weighted by molar-refractivity contribution is 0.394. The van der Waals surface area contributed by atoms with Crippen LogP contribution in [-0.2, 0) is 0 Å². The summed E-state index contributed by atoms with van der Waals surface area (Å²) in [5.74, 6) is 0. The molecule has 0 rings (SSSR count). The van der Waals surface area contributed by atoms with E-state index in [2.05, 4.69) is 19.9 Å². The lowest BCUT2D eigenvalue weighted by Crippen LogP contribution is -2.32. The summed E-state index contributed by atoms with van der Waals surface area (Å²) in [6, 6.07) is 0.198. The van der Waals surface area contributed by atoms with Gasteiger partial charge in [-0.05, 0) is 19.3 Å². The first-order chi connectivity index (χ1) is 5.00. The third-order valence-corrected chi connectivity index (χ3v) is 2.00. The Labute approximate surface area is 70.0 Å². The zero-order valence-corrected chi connectivity index (χ0v) is 7.96. The second-order valence-electron chi connectivity index (χ2n) is 3.49. The highest BCUT2D eigenvalue weighted by Gasteiger charge is 2.17. The molecule has 0 aliphatic carbocycles. The maximum Gasteiger partial charge on any atom is 0.00966 e. The van der Waals surface area contributed by atoms with Crippen molar-refractivity contribution in [1.29, 1.82) is 0 Å². The number of allylic oxidation sites excluding steroid dienone is 3. The summed E-state index contributed by atoms with van der Waals surface area (Å²) >= 11 is 0. The largest absolute Gasteiger partial charge is 0.327 e. The van der Waals surface area contributed by atoms with Crippen molar-refractivity contribution >= 4 is 0 Å². The van der Waals surface area contributed by atoms with Crippen LogP contribution < -0.4 is 5.73 Å². The molecule has 0 heterocycles. The van der Waals surface area contributed by atoms with Crippen molar-refractivity contribution in [3.8, 4) is 0 Å². The van der Waals surface area contributed by atoms with Gasteiger partial charge in [-0.2, -0.15) is 0 Å².